The smallest absolute Gasteiger partial charge is 0.407 e. The molecule has 49 heavy (non-hydrogen) atoms. The fourth-order valence-electron chi connectivity index (χ4n) is 12.5. The number of rotatable bonds is 9. The summed E-state index contributed by atoms with van der Waals surface area (Å²) in [6, 6.07) is 0. The lowest BCUT2D eigenvalue weighted by Gasteiger charge is -2.72. The second kappa shape index (κ2) is 12.1. The van der Waals surface area contributed by atoms with Gasteiger partial charge in [0, 0.05) is 11.8 Å². The first-order valence-electron chi connectivity index (χ1n) is 19.4. The first-order chi connectivity index (χ1) is 22.7. The van der Waals surface area contributed by atoms with Crippen molar-refractivity contribution < 1.29 is 33.8 Å². The minimum atomic E-state index is -1.16. The minimum absolute atomic E-state index is 0.0269. The third-order valence-corrected chi connectivity index (χ3v) is 15.6. The van der Waals surface area contributed by atoms with E-state index >= 15 is 0 Å². The van der Waals surface area contributed by atoms with Crippen molar-refractivity contribution in [3.8, 4) is 0 Å². The van der Waals surface area contributed by atoms with Gasteiger partial charge in [-0.05, 0) is 129 Å². The predicted molar refractivity (Wildman–Crippen MR) is 187 cm³/mol. The zero-order valence-electron chi connectivity index (χ0n) is 31.8. The van der Waals surface area contributed by atoms with Crippen molar-refractivity contribution in [2.45, 2.75) is 157 Å². The van der Waals surface area contributed by atoms with Crippen LogP contribution >= 0.6 is 0 Å². The molecule has 0 saturated heterocycles. The van der Waals surface area contributed by atoms with E-state index in [0.29, 0.717) is 30.8 Å². The van der Waals surface area contributed by atoms with Crippen molar-refractivity contribution in [1.82, 2.24) is 5.32 Å². The van der Waals surface area contributed by atoms with Crippen LogP contribution in [0, 0.1) is 56.7 Å². The van der Waals surface area contributed by atoms with E-state index in [1.54, 1.807) is 13.8 Å². The number of nitrogens with one attached hydrogen (secondary N) is 1. The number of alkyl carbamates (subject to hydrolysis) is 1. The van der Waals surface area contributed by atoms with Crippen LogP contribution in [-0.4, -0.2) is 47.2 Å². The molecule has 6 aliphatic rings. The second-order valence-corrected chi connectivity index (χ2v) is 19.5. The predicted octanol–water partition coefficient (Wildman–Crippen LogP) is 8.66. The topological polar surface area (TPSA) is 119 Å². The number of ketones is 1. The third kappa shape index (κ3) is 5.77. The van der Waals surface area contributed by atoms with Gasteiger partial charge in [0.25, 0.3) is 0 Å². The molecule has 5 saturated carbocycles. The molecule has 0 spiro atoms. The van der Waals surface area contributed by atoms with Gasteiger partial charge in [-0.1, -0.05) is 61.3 Å². The molecule has 3 unspecified atom stereocenters. The van der Waals surface area contributed by atoms with Gasteiger partial charge in [0.1, 0.15) is 6.10 Å². The number of carbonyl (C=O) groups is 4. The molecule has 0 heterocycles. The van der Waals surface area contributed by atoms with Gasteiger partial charge in [-0.3, -0.25) is 14.4 Å². The summed E-state index contributed by atoms with van der Waals surface area (Å²) in [5.41, 5.74) is 0.187. The summed E-state index contributed by atoms with van der Waals surface area (Å²) < 4.78 is 11.9. The molecular formula is C41H63NO7. The van der Waals surface area contributed by atoms with Crippen LogP contribution in [0.1, 0.15) is 146 Å². The van der Waals surface area contributed by atoms with E-state index in [-0.39, 0.29) is 57.9 Å². The fraction of sp³-hybridized carbons (Fsp3) is 0.854. The number of aliphatic carboxylic acids is 1. The molecule has 274 valence electrons. The highest BCUT2D eigenvalue weighted by atomic mass is 16.6. The summed E-state index contributed by atoms with van der Waals surface area (Å²) >= 11 is 0. The highest BCUT2D eigenvalue weighted by Crippen LogP contribution is 2.76. The molecule has 0 aromatic rings. The Morgan fingerprint density at radius 3 is 2.22 bits per heavy atom. The first-order valence-corrected chi connectivity index (χ1v) is 19.4. The molecule has 8 heteroatoms. The molecule has 5 fully saturated rings. The van der Waals surface area contributed by atoms with Gasteiger partial charge >= 0.3 is 18.0 Å². The van der Waals surface area contributed by atoms with Gasteiger partial charge in [-0.15, -0.1) is 0 Å². The number of allylic oxidation sites excluding steroid dienone is 1. The Morgan fingerprint density at radius 2 is 1.59 bits per heavy atom. The van der Waals surface area contributed by atoms with Crippen molar-refractivity contribution in [3.63, 3.8) is 0 Å². The van der Waals surface area contributed by atoms with Crippen LogP contribution in [-0.2, 0) is 23.9 Å². The Hall–Kier alpha value is -2.38. The van der Waals surface area contributed by atoms with Crippen molar-refractivity contribution in [2.24, 2.45) is 56.7 Å². The Morgan fingerprint density at radius 1 is 0.898 bits per heavy atom. The van der Waals surface area contributed by atoms with Crippen LogP contribution in [0.2, 0.25) is 0 Å². The Labute approximate surface area is 294 Å². The summed E-state index contributed by atoms with van der Waals surface area (Å²) in [7, 11) is 0. The first kappa shape index (κ1) is 36.4. The molecule has 2 N–H and O–H groups in total. The number of ether oxygens (including phenoxy) is 2. The largest absolute Gasteiger partial charge is 0.481 e. The number of hydrogen-bond donors (Lipinski definition) is 2. The summed E-state index contributed by atoms with van der Waals surface area (Å²) in [6.07, 6.45) is 10.6. The third-order valence-electron chi connectivity index (χ3n) is 15.6. The zero-order valence-corrected chi connectivity index (χ0v) is 31.8. The van der Waals surface area contributed by atoms with E-state index in [1.807, 2.05) is 0 Å². The molecule has 0 aliphatic heterocycles. The van der Waals surface area contributed by atoms with Crippen LogP contribution in [0.4, 0.5) is 4.79 Å². The van der Waals surface area contributed by atoms with Gasteiger partial charge < -0.3 is 19.9 Å². The van der Waals surface area contributed by atoms with Crippen molar-refractivity contribution in [1.29, 1.82) is 0 Å². The molecule has 6 aliphatic carbocycles. The van der Waals surface area contributed by atoms with E-state index in [4.69, 9.17) is 9.47 Å². The minimum Gasteiger partial charge on any atom is -0.481 e. The van der Waals surface area contributed by atoms with E-state index < -0.39 is 22.9 Å². The van der Waals surface area contributed by atoms with Gasteiger partial charge in [0.2, 0.25) is 0 Å². The van der Waals surface area contributed by atoms with Crippen LogP contribution < -0.4 is 5.32 Å². The normalized spacial score (nSPS) is 39.8. The molecule has 0 aromatic carbocycles. The van der Waals surface area contributed by atoms with Gasteiger partial charge in [-0.2, -0.15) is 0 Å². The lowest BCUT2D eigenvalue weighted by molar-refractivity contribution is -0.232. The number of amides is 1. The highest BCUT2D eigenvalue weighted by molar-refractivity contribution is 6.02. The maximum atomic E-state index is 13.8. The second-order valence-electron chi connectivity index (χ2n) is 19.5. The van der Waals surface area contributed by atoms with Crippen molar-refractivity contribution >= 4 is 23.8 Å². The maximum Gasteiger partial charge on any atom is 0.407 e. The fourth-order valence-corrected chi connectivity index (χ4v) is 12.5. The number of fused-ring (bicyclic) bond motifs is 7. The van der Waals surface area contributed by atoms with Gasteiger partial charge in [-0.25, -0.2) is 4.79 Å². The van der Waals surface area contributed by atoms with Crippen LogP contribution in [0.15, 0.2) is 11.1 Å². The molecule has 0 radical (unpaired) electrons. The van der Waals surface area contributed by atoms with Gasteiger partial charge in [0.05, 0.1) is 24.0 Å². The lowest BCUT2D eigenvalue weighted by Crippen LogP contribution is -2.67. The maximum absolute atomic E-state index is 13.8. The van der Waals surface area contributed by atoms with E-state index in [1.165, 1.54) is 18.4 Å². The molecular weight excluding hydrogens is 618 g/mol. The lowest BCUT2D eigenvalue weighted by atomic mass is 9.33. The SMILES string of the molecule is CC(C)C1=C2C3CCC4[C@@]5(C)CC[C@H](OC(=O)CC(C)(C)C(=O)O)C(C)(C)C5CC[C@@]4(C)[C@]3(C)CC[C@@]2(NC(=O)OCCC2CC2)CC1=O. The zero-order chi connectivity index (χ0) is 35.9. The van der Waals surface area contributed by atoms with Crippen LogP contribution in [0.25, 0.3) is 0 Å². The standard InChI is InChI=1S/C41H63NO7/c1-24(2)32-27(43)22-41(42-35(47)48-21-16-25-10-11-25)20-19-39(8)26(33(32)41)12-13-29-38(7)17-15-30(49-31(44)23-36(3,4)34(45)46)37(5,6)28(38)14-18-40(29,39)9/h24-26,28-30H,10-23H2,1-9H3,(H,42,47)(H,45,46)/t26?,28?,29?,30-,38-,39+,40+,41+/m0/s1. The average Bonchev–Trinajstić information content (AvgIpc) is 3.75. The molecule has 1 amide bonds. The van der Waals surface area contributed by atoms with Crippen LogP contribution in [0.3, 0.4) is 0 Å². The number of esters is 1. The highest BCUT2D eigenvalue weighted by Gasteiger charge is 2.70. The summed E-state index contributed by atoms with van der Waals surface area (Å²) in [5, 5.41) is 12.9. The molecule has 6 rings (SSSR count). The van der Waals surface area contributed by atoms with E-state index in [9.17, 15) is 24.3 Å². The summed E-state index contributed by atoms with van der Waals surface area (Å²) in [6.45, 7) is 19.9. The average molecular weight is 682 g/mol. The van der Waals surface area contributed by atoms with Crippen molar-refractivity contribution in [2.75, 3.05) is 6.61 Å². The Kier molecular flexibility index (Phi) is 9.00. The number of carbonyl (C=O) groups excluding carboxylic acids is 3. The quantitative estimate of drug-likeness (QED) is 0.234. The molecule has 0 aromatic heterocycles. The summed E-state index contributed by atoms with van der Waals surface area (Å²) in [5.74, 6) is 0.635. The van der Waals surface area contributed by atoms with E-state index in [0.717, 1.165) is 63.4 Å². The Balaban J connectivity index is 1.26. The number of carboxylic acid groups (broad SMARTS) is 1. The van der Waals surface area contributed by atoms with E-state index in [2.05, 4.69) is 53.8 Å². The molecule has 8 atom stereocenters. The number of Topliss-reactive ketones (excluding diaryl/α,β-unsaturated/α-hetero) is 1. The van der Waals surface area contributed by atoms with Crippen LogP contribution in [0.5, 0.6) is 0 Å². The number of carboxylic acids is 1. The van der Waals surface area contributed by atoms with Gasteiger partial charge in [0.15, 0.2) is 5.78 Å². The molecule has 0 bridgehead atoms. The summed E-state index contributed by atoms with van der Waals surface area (Å²) in [4.78, 5) is 51.9. The number of hydrogen-bond acceptors (Lipinski definition) is 6. The molecule has 8 nitrogen and oxygen atoms in total. The Bertz CT molecular complexity index is 1420. The monoisotopic (exact) mass is 681 g/mol. The van der Waals surface area contributed by atoms with Crippen molar-refractivity contribution in [3.05, 3.63) is 11.1 Å².